The van der Waals surface area contributed by atoms with Crippen LogP contribution >= 0.6 is 0 Å². The molecule has 0 radical (unpaired) electrons. The van der Waals surface area contributed by atoms with E-state index in [0.29, 0.717) is 11.4 Å². The third-order valence-corrected chi connectivity index (χ3v) is 4.29. The third kappa shape index (κ3) is 4.46. The number of hydrogen-bond acceptors (Lipinski definition) is 4. The molecule has 0 heterocycles. The Morgan fingerprint density at radius 2 is 1.82 bits per heavy atom. The van der Waals surface area contributed by atoms with Gasteiger partial charge in [-0.25, -0.2) is 8.42 Å². The molecule has 5 heteroatoms. The fourth-order valence-electron chi connectivity index (χ4n) is 1.47. The smallest absolute Gasteiger partial charge is 0.178 e. The lowest BCUT2D eigenvalue weighted by Crippen LogP contribution is -2.20. The van der Waals surface area contributed by atoms with Crippen molar-refractivity contribution in [3.8, 4) is 0 Å². The summed E-state index contributed by atoms with van der Waals surface area (Å²) in [6, 6.07) is 6.98. The molecule has 2 N–H and O–H groups in total. The van der Waals surface area contributed by atoms with Crippen molar-refractivity contribution in [3.05, 3.63) is 29.8 Å². The van der Waals surface area contributed by atoms with E-state index in [2.05, 4.69) is 5.32 Å². The van der Waals surface area contributed by atoms with Crippen molar-refractivity contribution in [2.24, 2.45) is 0 Å². The van der Waals surface area contributed by atoms with Crippen LogP contribution in [-0.2, 0) is 16.3 Å². The molecule has 1 rings (SSSR count). The number of rotatable bonds is 7. The van der Waals surface area contributed by atoms with Crippen molar-refractivity contribution >= 4 is 9.84 Å². The molecule has 1 aromatic carbocycles. The largest absolute Gasteiger partial charge is 0.395 e. The molecule has 0 aromatic heterocycles. The second-order valence-electron chi connectivity index (χ2n) is 3.77. The van der Waals surface area contributed by atoms with E-state index >= 15 is 0 Å². The molecule has 0 unspecified atom stereocenters. The van der Waals surface area contributed by atoms with Crippen molar-refractivity contribution in [2.75, 3.05) is 25.4 Å². The van der Waals surface area contributed by atoms with Gasteiger partial charge in [0.1, 0.15) is 0 Å². The summed E-state index contributed by atoms with van der Waals surface area (Å²) in [6.45, 7) is 3.14. The second-order valence-corrected chi connectivity index (χ2v) is 6.05. The first kappa shape index (κ1) is 14.2. The first-order chi connectivity index (χ1) is 8.10. The summed E-state index contributed by atoms with van der Waals surface area (Å²) in [4.78, 5) is 0.382. The highest BCUT2D eigenvalue weighted by molar-refractivity contribution is 7.91. The van der Waals surface area contributed by atoms with Crippen LogP contribution in [0.3, 0.4) is 0 Å². The number of sulfone groups is 1. The van der Waals surface area contributed by atoms with E-state index < -0.39 is 9.84 Å². The Kier molecular flexibility index (Phi) is 5.61. The van der Waals surface area contributed by atoms with E-state index in [9.17, 15) is 8.42 Å². The Balaban J connectivity index is 2.57. The van der Waals surface area contributed by atoms with Crippen molar-refractivity contribution in [3.63, 3.8) is 0 Å². The summed E-state index contributed by atoms with van der Waals surface area (Å²) < 4.78 is 23.1. The average molecular weight is 257 g/mol. The van der Waals surface area contributed by atoms with Crippen molar-refractivity contribution in [1.29, 1.82) is 0 Å². The van der Waals surface area contributed by atoms with Crippen LogP contribution in [0.15, 0.2) is 29.2 Å². The van der Waals surface area contributed by atoms with Gasteiger partial charge in [-0.2, -0.15) is 0 Å². The molecule has 96 valence electrons. The molecule has 0 bridgehead atoms. The highest BCUT2D eigenvalue weighted by Crippen LogP contribution is 2.12. The number of hydrogen-bond donors (Lipinski definition) is 2. The summed E-state index contributed by atoms with van der Waals surface area (Å²) in [6.07, 6.45) is 0.826. The van der Waals surface area contributed by atoms with Crippen LogP contribution in [0.25, 0.3) is 0 Å². The molecule has 0 fully saturated rings. The minimum Gasteiger partial charge on any atom is -0.395 e. The molecule has 1 aromatic rings. The van der Waals surface area contributed by atoms with Crippen molar-refractivity contribution < 1.29 is 13.5 Å². The van der Waals surface area contributed by atoms with Gasteiger partial charge in [0.05, 0.1) is 17.3 Å². The predicted octanol–water partition coefficient (Wildman–Crippen LogP) is 0.605. The number of aliphatic hydroxyl groups is 1. The fourth-order valence-corrected chi connectivity index (χ4v) is 2.35. The zero-order chi connectivity index (χ0) is 12.7. The predicted molar refractivity (Wildman–Crippen MR) is 67.8 cm³/mol. The van der Waals surface area contributed by atoms with Gasteiger partial charge in [-0.15, -0.1) is 0 Å². The molecule has 0 spiro atoms. The van der Waals surface area contributed by atoms with Crippen LogP contribution in [0.2, 0.25) is 0 Å². The quantitative estimate of drug-likeness (QED) is 0.702. The molecule has 0 aliphatic heterocycles. The standard InChI is InChI=1S/C12H19NO3S/c1-2-17(15,16)12-5-3-11(4-6-12)7-8-13-9-10-14/h3-6,13-14H,2,7-10H2,1H3. The van der Waals surface area contributed by atoms with Gasteiger partial charge >= 0.3 is 0 Å². The first-order valence-electron chi connectivity index (χ1n) is 5.73. The van der Waals surface area contributed by atoms with Crippen LogP contribution in [0.4, 0.5) is 0 Å². The van der Waals surface area contributed by atoms with Crippen LogP contribution in [-0.4, -0.2) is 39.0 Å². The lowest BCUT2D eigenvalue weighted by molar-refractivity contribution is 0.293. The van der Waals surface area contributed by atoms with Gasteiger partial charge in [0.25, 0.3) is 0 Å². The molecule has 0 saturated heterocycles. The molecule has 0 amide bonds. The summed E-state index contributed by atoms with van der Waals surface area (Å²) in [5, 5.41) is 11.7. The Hall–Kier alpha value is -0.910. The maximum atomic E-state index is 11.6. The zero-order valence-electron chi connectivity index (χ0n) is 10.0. The van der Waals surface area contributed by atoms with Gasteiger partial charge in [0.15, 0.2) is 9.84 Å². The van der Waals surface area contributed by atoms with Crippen LogP contribution in [0, 0.1) is 0 Å². The van der Waals surface area contributed by atoms with E-state index in [4.69, 9.17) is 5.11 Å². The monoisotopic (exact) mass is 257 g/mol. The van der Waals surface area contributed by atoms with Gasteiger partial charge < -0.3 is 10.4 Å². The number of aliphatic hydroxyl groups excluding tert-OH is 1. The van der Waals surface area contributed by atoms with Gasteiger partial charge in [-0.1, -0.05) is 19.1 Å². The maximum absolute atomic E-state index is 11.6. The number of nitrogens with one attached hydrogen (secondary N) is 1. The van der Waals surface area contributed by atoms with Gasteiger partial charge in [-0.3, -0.25) is 0 Å². The number of benzene rings is 1. The molecular formula is C12H19NO3S. The third-order valence-electron chi connectivity index (χ3n) is 2.54. The van der Waals surface area contributed by atoms with E-state index in [1.165, 1.54) is 0 Å². The second kappa shape index (κ2) is 6.74. The molecular weight excluding hydrogens is 238 g/mol. The van der Waals surface area contributed by atoms with E-state index in [1.807, 2.05) is 12.1 Å². The maximum Gasteiger partial charge on any atom is 0.178 e. The Morgan fingerprint density at radius 1 is 1.18 bits per heavy atom. The fraction of sp³-hybridized carbons (Fsp3) is 0.500. The normalized spacial score (nSPS) is 11.6. The van der Waals surface area contributed by atoms with Crippen LogP contribution < -0.4 is 5.32 Å². The molecule has 0 saturated carbocycles. The Labute approximate surface area is 103 Å². The lowest BCUT2D eigenvalue weighted by atomic mass is 10.1. The van der Waals surface area contributed by atoms with Crippen LogP contribution in [0.1, 0.15) is 12.5 Å². The molecule has 0 aliphatic carbocycles. The minimum atomic E-state index is -3.09. The Morgan fingerprint density at radius 3 is 2.35 bits per heavy atom. The minimum absolute atomic E-state index is 0.129. The highest BCUT2D eigenvalue weighted by atomic mass is 32.2. The van der Waals surface area contributed by atoms with Crippen molar-refractivity contribution in [1.82, 2.24) is 5.32 Å². The summed E-state index contributed by atoms with van der Waals surface area (Å²) in [5.41, 5.74) is 1.09. The van der Waals surface area contributed by atoms with E-state index in [1.54, 1.807) is 19.1 Å². The van der Waals surface area contributed by atoms with Crippen LogP contribution in [0.5, 0.6) is 0 Å². The summed E-state index contributed by atoms with van der Waals surface area (Å²) in [5.74, 6) is 0.129. The van der Waals surface area contributed by atoms with E-state index in [-0.39, 0.29) is 12.4 Å². The first-order valence-corrected chi connectivity index (χ1v) is 7.38. The van der Waals surface area contributed by atoms with Gasteiger partial charge in [-0.05, 0) is 30.7 Å². The lowest BCUT2D eigenvalue weighted by Gasteiger charge is -2.05. The SMILES string of the molecule is CCS(=O)(=O)c1ccc(CCNCCO)cc1. The molecule has 0 aliphatic rings. The Bertz CT molecular complexity index is 426. The topological polar surface area (TPSA) is 66.4 Å². The van der Waals surface area contributed by atoms with Gasteiger partial charge in [0, 0.05) is 6.54 Å². The summed E-state index contributed by atoms with van der Waals surface area (Å²) >= 11 is 0. The van der Waals surface area contributed by atoms with Crippen molar-refractivity contribution in [2.45, 2.75) is 18.2 Å². The molecule has 17 heavy (non-hydrogen) atoms. The molecule has 0 atom stereocenters. The average Bonchev–Trinajstić information content (AvgIpc) is 2.35. The zero-order valence-corrected chi connectivity index (χ0v) is 10.8. The van der Waals surface area contributed by atoms with E-state index in [0.717, 1.165) is 18.5 Å². The van der Waals surface area contributed by atoms with Gasteiger partial charge in [0.2, 0.25) is 0 Å². The highest BCUT2D eigenvalue weighted by Gasteiger charge is 2.10. The summed E-state index contributed by atoms with van der Waals surface area (Å²) in [7, 11) is -3.09. The molecule has 4 nitrogen and oxygen atoms in total.